The lowest BCUT2D eigenvalue weighted by atomic mass is 10.0. The molecule has 128 valence electrons. The smallest absolute Gasteiger partial charge is 0.303 e. The fraction of sp³-hybridized carbons (Fsp3) is 0.611. The van der Waals surface area contributed by atoms with E-state index in [2.05, 4.69) is 36.6 Å². The quantitative estimate of drug-likeness (QED) is 0.610. The van der Waals surface area contributed by atoms with Crippen molar-refractivity contribution >= 4 is 11.7 Å². The van der Waals surface area contributed by atoms with Gasteiger partial charge in [-0.1, -0.05) is 12.5 Å². The third-order valence-corrected chi connectivity index (χ3v) is 3.97. The highest BCUT2D eigenvalue weighted by atomic mass is 16.5. The van der Waals surface area contributed by atoms with E-state index in [0.717, 1.165) is 56.8 Å². The van der Waals surface area contributed by atoms with Gasteiger partial charge < -0.3 is 20.5 Å². The van der Waals surface area contributed by atoms with Crippen molar-refractivity contribution in [2.75, 3.05) is 25.0 Å². The van der Waals surface area contributed by atoms with Gasteiger partial charge >= 0.3 is 5.97 Å². The molecule has 0 bridgehead atoms. The highest BCUT2D eigenvalue weighted by Gasteiger charge is 2.25. The number of hydrogen-bond acceptors (Lipinski definition) is 4. The number of carboxylic acids is 1. The molecule has 0 radical (unpaired) electrons. The van der Waals surface area contributed by atoms with E-state index in [9.17, 15) is 4.79 Å². The van der Waals surface area contributed by atoms with Crippen LogP contribution in [0.3, 0.4) is 0 Å². The number of anilines is 1. The van der Waals surface area contributed by atoms with Crippen molar-refractivity contribution in [1.82, 2.24) is 5.32 Å². The molecule has 2 rings (SSSR count). The van der Waals surface area contributed by atoms with Gasteiger partial charge in [0.25, 0.3) is 0 Å². The van der Waals surface area contributed by atoms with Crippen LogP contribution in [-0.4, -0.2) is 36.3 Å². The summed E-state index contributed by atoms with van der Waals surface area (Å²) >= 11 is 0. The van der Waals surface area contributed by atoms with Crippen LogP contribution < -0.4 is 15.4 Å². The van der Waals surface area contributed by atoms with Crippen LogP contribution in [0.25, 0.3) is 0 Å². The van der Waals surface area contributed by atoms with E-state index in [1.54, 1.807) is 0 Å². The Balaban J connectivity index is 1.64. The van der Waals surface area contributed by atoms with E-state index in [4.69, 9.17) is 9.84 Å². The second-order valence-electron chi connectivity index (χ2n) is 6.75. The number of fused-ring (bicyclic) bond motifs is 1. The monoisotopic (exact) mass is 320 g/mol. The van der Waals surface area contributed by atoms with Crippen molar-refractivity contribution in [1.29, 1.82) is 0 Å². The third kappa shape index (κ3) is 6.10. The fourth-order valence-electron chi connectivity index (χ4n) is 2.66. The molecule has 5 nitrogen and oxygen atoms in total. The molecule has 0 aliphatic carbocycles. The molecule has 0 saturated heterocycles. The maximum atomic E-state index is 10.4. The van der Waals surface area contributed by atoms with Gasteiger partial charge in [0.2, 0.25) is 0 Å². The maximum Gasteiger partial charge on any atom is 0.303 e. The standard InChI is InChI=1S/C18H28N2O3/c1-18(2)13-20-15-12-14(7-8-16(15)23-18)9-11-19-10-5-3-4-6-17(21)22/h7-8,12,19-20H,3-6,9-11,13H2,1-2H3,(H,21,22). The van der Waals surface area contributed by atoms with Crippen molar-refractivity contribution in [2.24, 2.45) is 0 Å². The zero-order chi connectivity index (χ0) is 16.7. The summed E-state index contributed by atoms with van der Waals surface area (Å²) in [4.78, 5) is 10.4. The first-order valence-electron chi connectivity index (χ1n) is 8.45. The molecule has 0 fully saturated rings. The highest BCUT2D eigenvalue weighted by molar-refractivity contribution is 5.66. The molecule has 5 heteroatoms. The number of aliphatic carboxylic acids is 1. The number of rotatable bonds is 9. The molecule has 0 unspecified atom stereocenters. The van der Waals surface area contributed by atoms with Gasteiger partial charge in [0.1, 0.15) is 11.4 Å². The Morgan fingerprint density at radius 3 is 2.91 bits per heavy atom. The van der Waals surface area contributed by atoms with Crippen LogP contribution >= 0.6 is 0 Å². The molecule has 0 amide bonds. The minimum Gasteiger partial charge on any atom is -0.484 e. The van der Waals surface area contributed by atoms with Crippen LogP contribution in [0.4, 0.5) is 5.69 Å². The number of carbonyl (C=O) groups is 1. The topological polar surface area (TPSA) is 70.6 Å². The molecular formula is C18H28N2O3. The Hall–Kier alpha value is -1.75. The number of unbranched alkanes of at least 4 members (excludes halogenated alkanes) is 2. The van der Waals surface area contributed by atoms with Crippen molar-refractivity contribution in [3.8, 4) is 5.75 Å². The summed E-state index contributed by atoms with van der Waals surface area (Å²) < 4.78 is 5.95. The highest BCUT2D eigenvalue weighted by Crippen LogP contribution is 2.33. The van der Waals surface area contributed by atoms with Crippen LogP contribution in [0.5, 0.6) is 5.75 Å². The van der Waals surface area contributed by atoms with Crippen LogP contribution in [0.1, 0.15) is 45.1 Å². The second kappa shape index (κ2) is 8.20. The number of nitrogens with one attached hydrogen (secondary N) is 2. The van der Waals surface area contributed by atoms with Gasteiger partial charge in [0.15, 0.2) is 0 Å². The van der Waals surface area contributed by atoms with Crippen LogP contribution in [0.2, 0.25) is 0 Å². The first-order valence-corrected chi connectivity index (χ1v) is 8.45. The van der Waals surface area contributed by atoms with Gasteiger partial charge in [0.05, 0.1) is 12.2 Å². The number of carboxylic acid groups (broad SMARTS) is 1. The van der Waals surface area contributed by atoms with Crippen molar-refractivity contribution in [2.45, 2.75) is 51.6 Å². The van der Waals surface area contributed by atoms with Gasteiger partial charge in [-0.05, 0) is 63.9 Å². The Bertz CT molecular complexity index is 529. The Labute approximate surface area is 138 Å². The molecule has 0 spiro atoms. The van der Waals surface area contributed by atoms with Crippen molar-refractivity contribution < 1.29 is 14.6 Å². The summed E-state index contributed by atoms with van der Waals surface area (Å²) in [6.45, 7) is 6.86. The molecule has 1 aromatic rings. The van der Waals surface area contributed by atoms with E-state index < -0.39 is 5.97 Å². The molecule has 0 atom stereocenters. The average molecular weight is 320 g/mol. The van der Waals surface area contributed by atoms with Gasteiger partial charge in [-0.15, -0.1) is 0 Å². The van der Waals surface area contributed by atoms with Gasteiger partial charge in [-0.25, -0.2) is 0 Å². The third-order valence-electron chi connectivity index (χ3n) is 3.97. The molecule has 23 heavy (non-hydrogen) atoms. The normalized spacial score (nSPS) is 15.4. The predicted octanol–water partition coefficient (Wildman–Crippen LogP) is 3.05. The number of hydrogen-bond donors (Lipinski definition) is 3. The summed E-state index contributed by atoms with van der Waals surface area (Å²) in [7, 11) is 0. The lowest BCUT2D eigenvalue weighted by Gasteiger charge is -2.33. The Kier molecular flexibility index (Phi) is 6.28. The van der Waals surface area contributed by atoms with E-state index in [-0.39, 0.29) is 12.0 Å². The minimum absolute atomic E-state index is 0.156. The molecule has 1 aliphatic heterocycles. The zero-order valence-corrected chi connectivity index (χ0v) is 14.2. The summed E-state index contributed by atoms with van der Waals surface area (Å²) in [5, 5.41) is 15.4. The predicted molar refractivity (Wildman–Crippen MR) is 92.3 cm³/mol. The molecule has 1 aromatic carbocycles. The molecular weight excluding hydrogens is 292 g/mol. The first-order chi connectivity index (χ1) is 11.0. The second-order valence-corrected chi connectivity index (χ2v) is 6.75. The zero-order valence-electron chi connectivity index (χ0n) is 14.2. The average Bonchev–Trinajstić information content (AvgIpc) is 2.49. The molecule has 1 heterocycles. The van der Waals surface area contributed by atoms with E-state index >= 15 is 0 Å². The van der Waals surface area contributed by atoms with Crippen molar-refractivity contribution in [3.63, 3.8) is 0 Å². The lowest BCUT2D eigenvalue weighted by Crippen LogP contribution is -2.40. The SMILES string of the molecule is CC1(C)CNc2cc(CCNCCCCCC(=O)O)ccc2O1. The van der Waals surface area contributed by atoms with Gasteiger partial charge in [-0.2, -0.15) is 0 Å². The van der Waals surface area contributed by atoms with E-state index in [1.165, 1.54) is 5.56 Å². The van der Waals surface area contributed by atoms with Crippen LogP contribution in [-0.2, 0) is 11.2 Å². The fourth-order valence-corrected chi connectivity index (χ4v) is 2.66. The first kappa shape index (κ1) is 17.6. The largest absolute Gasteiger partial charge is 0.484 e. The summed E-state index contributed by atoms with van der Waals surface area (Å²) in [5.41, 5.74) is 2.21. The van der Waals surface area contributed by atoms with Crippen LogP contribution in [0, 0.1) is 0 Å². The Morgan fingerprint density at radius 2 is 2.13 bits per heavy atom. The molecule has 0 aromatic heterocycles. The molecule has 3 N–H and O–H groups in total. The number of ether oxygens (including phenoxy) is 1. The molecule has 1 aliphatic rings. The Morgan fingerprint density at radius 1 is 1.30 bits per heavy atom. The summed E-state index contributed by atoms with van der Waals surface area (Å²) in [6, 6.07) is 6.33. The van der Waals surface area contributed by atoms with Crippen molar-refractivity contribution in [3.05, 3.63) is 23.8 Å². The van der Waals surface area contributed by atoms with E-state index in [1.807, 2.05) is 6.07 Å². The van der Waals surface area contributed by atoms with Crippen LogP contribution in [0.15, 0.2) is 18.2 Å². The minimum atomic E-state index is -0.702. The maximum absolute atomic E-state index is 10.4. The van der Waals surface area contributed by atoms with Gasteiger partial charge in [-0.3, -0.25) is 4.79 Å². The lowest BCUT2D eigenvalue weighted by molar-refractivity contribution is -0.137. The van der Waals surface area contributed by atoms with Gasteiger partial charge in [0, 0.05) is 6.42 Å². The number of benzene rings is 1. The summed E-state index contributed by atoms with van der Waals surface area (Å²) in [6.07, 6.45) is 4.02. The molecule has 0 saturated carbocycles. The van der Waals surface area contributed by atoms with E-state index in [0.29, 0.717) is 0 Å². The summed E-state index contributed by atoms with van der Waals surface area (Å²) in [5.74, 6) is 0.225.